The fraction of sp³-hybridized carbons (Fsp3) is 0.500. The first kappa shape index (κ1) is 16.1. The molecule has 110 valence electrons. The van der Waals surface area contributed by atoms with Gasteiger partial charge in [0, 0.05) is 11.6 Å². The first-order valence-electron chi connectivity index (χ1n) is 6.68. The SMILES string of the molecule is CCCCC(N)C(=O)Nc1cc([N+](=O)[O-])c(C)cc1C. The lowest BCUT2D eigenvalue weighted by atomic mass is 10.1. The molecule has 0 aliphatic rings. The Bertz CT molecular complexity index is 515. The van der Waals surface area contributed by atoms with E-state index >= 15 is 0 Å². The van der Waals surface area contributed by atoms with E-state index in [-0.39, 0.29) is 11.6 Å². The van der Waals surface area contributed by atoms with Crippen molar-refractivity contribution in [1.29, 1.82) is 0 Å². The van der Waals surface area contributed by atoms with Crippen LogP contribution in [-0.4, -0.2) is 16.9 Å². The predicted octanol–water partition coefficient (Wildman–Crippen LogP) is 2.67. The van der Waals surface area contributed by atoms with E-state index < -0.39 is 11.0 Å². The summed E-state index contributed by atoms with van der Waals surface area (Å²) in [6.07, 6.45) is 2.45. The third-order valence-corrected chi connectivity index (χ3v) is 3.20. The molecule has 1 aromatic rings. The van der Waals surface area contributed by atoms with Crippen molar-refractivity contribution in [1.82, 2.24) is 0 Å². The lowest BCUT2D eigenvalue weighted by Gasteiger charge is -2.14. The van der Waals surface area contributed by atoms with Gasteiger partial charge in [0.05, 0.1) is 16.7 Å². The van der Waals surface area contributed by atoms with Crippen LogP contribution in [0.4, 0.5) is 11.4 Å². The Kier molecular flexibility index (Phi) is 5.64. The van der Waals surface area contributed by atoms with Crippen LogP contribution < -0.4 is 11.1 Å². The van der Waals surface area contributed by atoms with Gasteiger partial charge in [0.2, 0.25) is 5.91 Å². The molecule has 1 rings (SSSR count). The Morgan fingerprint density at radius 3 is 2.60 bits per heavy atom. The van der Waals surface area contributed by atoms with Crippen LogP contribution in [0.3, 0.4) is 0 Å². The van der Waals surface area contributed by atoms with Crippen LogP contribution in [0.2, 0.25) is 0 Å². The van der Waals surface area contributed by atoms with E-state index in [1.54, 1.807) is 19.9 Å². The standard InChI is InChI=1S/C14H21N3O3/c1-4-5-6-11(15)14(18)16-12-8-13(17(19)20)10(3)7-9(12)2/h7-8,11H,4-6,15H2,1-3H3,(H,16,18). The smallest absolute Gasteiger partial charge is 0.274 e. The molecule has 0 fully saturated rings. The number of amides is 1. The van der Waals surface area contributed by atoms with Crippen LogP contribution in [0, 0.1) is 24.0 Å². The van der Waals surface area contributed by atoms with Gasteiger partial charge in [0.15, 0.2) is 0 Å². The normalized spacial score (nSPS) is 12.0. The molecular weight excluding hydrogens is 258 g/mol. The molecule has 0 spiro atoms. The summed E-state index contributed by atoms with van der Waals surface area (Å²) in [5.41, 5.74) is 7.57. The molecular formula is C14H21N3O3. The molecule has 1 atom stereocenters. The lowest BCUT2D eigenvalue weighted by molar-refractivity contribution is -0.385. The van der Waals surface area contributed by atoms with Crippen LogP contribution in [-0.2, 0) is 4.79 Å². The molecule has 6 heteroatoms. The second kappa shape index (κ2) is 7.00. The third kappa shape index (κ3) is 4.03. The average Bonchev–Trinajstić information content (AvgIpc) is 2.38. The molecule has 6 nitrogen and oxygen atoms in total. The highest BCUT2D eigenvalue weighted by atomic mass is 16.6. The van der Waals surface area contributed by atoms with Gasteiger partial charge in [-0.15, -0.1) is 0 Å². The number of anilines is 1. The first-order chi connectivity index (χ1) is 9.36. The highest BCUT2D eigenvalue weighted by Crippen LogP contribution is 2.26. The lowest BCUT2D eigenvalue weighted by Crippen LogP contribution is -2.35. The molecule has 20 heavy (non-hydrogen) atoms. The number of aryl methyl sites for hydroxylation is 2. The number of nitro groups is 1. The van der Waals surface area contributed by atoms with E-state index in [1.807, 2.05) is 6.92 Å². The maximum absolute atomic E-state index is 11.9. The number of hydrogen-bond acceptors (Lipinski definition) is 4. The Balaban J connectivity index is 2.89. The number of benzene rings is 1. The van der Waals surface area contributed by atoms with Gasteiger partial charge in [-0.25, -0.2) is 0 Å². The monoisotopic (exact) mass is 279 g/mol. The second-order valence-electron chi connectivity index (χ2n) is 4.95. The van der Waals surface area contributed by atoms with Crippen molar-refractivity contribution < 1.29 is 9.72 Å². The quantitative estimate of drug-likeness (QED) is 0.617. The second-order valence-corrected chi connectivity index (χ2v) is 4.95. The minimum Gasteiger partial charge on any atom is -0.324 e. The molecule has 0 saturated heterocycles. The van der Waals surface area contributed by atoms with Gasteiger partial charge in [0.25, 0.3) is 5.69 Å². The fourth-order valence-corrected chi connectivity index (χ4v) is 1.95. The van der Waals surface area contributed by atoms with Crippen molar-refractivity contribution in [2.75, 3.05) is 5.32 Å². The van der Waals surface area contributed by atoms with E-state index in [1.165, 1.54) is 6.07 Å². The van der Waals surface area contributed by atoms with E-state index in [9.17, 15) is 14.9 Å². The largest absolute Gasteiger partial charge is 0.324 e. The molecule has 1 amide bonds. The van der Waals surface area contributed by atoms with E-state index in [2.05, 4.69) is 5.32 Å². The van der Waals surface area contributed by atoms with Gasteiger partial charge < -0.3 is 11.1 Å². The summed E-state index contributed by atoms with van der Waals surface area (Å²) in [5, 5.41) is 13.6. The molecule has 0 heterocycles. The molecule has 1 aromatic carbocycles. The number of unbranched alkanes of at least 4 members (excludes halogenated alkanes) is 1. The number of nitrogens with two attached hydrogens (primary N) is 1. The zero-order valence-corrected chi connectivity index (χ0v) is 12.1. The van der Waals surface area contributed by atoms with E-state index in [4.69, 9.17) is 5.73 Å². The molecule has 1 unspecified atom stereocenters. The van der Waals surface area contributed by atoms with E-state index in [0.29, 0.717) is 17.7 Å². The zero-order valence-electron chi connectivity index (χ0n) is 12.1. The molecule has 0 radical (unpaired) electrons. The number of carbonyl (C=O) groups is 1. The average molecular weight is 279 g/mol. The minimum atomic E-state index is -0.588. The topological polar surface area (TPSA) is 98.3 Å². The molecule has 0 saturated carbocycles. The summed E-state index contributed by atoms with van der Waals surface area (Å²) < 4.78 is 0. The van der Waals surface area contributed by atoms with Crippen LogP contribution in [0.5, 0.6) is 0 Å². The highest BCUT2D eigenvalue weighted by Gasteiger charge is 2.17. The fourth-order valence-electron chi connectivity index (χ4n) is 1.95. The Hall–Kier alpha value is -1.95. The summed E-state index contributed by atoms with van der Waals surface area (Å²) in [4.78, 5) is 22.4. The summed E-state index contributed by atoms with van der Waals surface area (Å²) >= 11 is 0. The van der Waals surface area contributed by atoms with Gasteiger partial charge in [-0.1, -0.05) is 19.8 Å². The van der Waals surface area contributed by atoms with E-state index in [0.717, 1.165) is 18.4 Å². The van der Waals surface area contributed by atoms with Crippen molar-refractivity contribution >= 4 is 17.3 Å². The van der Waals surface area contributed by atoms with Crippen molar-refractivity contribution in [3.8, 4) is 0 Å². The minimum absolute atomic E-state index is 0.00645. The van der Waals surface area contributed by atoms with Crippen LogP contribution >= 0.6 is 0 Å². The van der Waals surface area contributed by atoms with Crippen molar-refractivity contribution in [3.05, 3.63) is 33.4 Å². The van der Waals surface area contributed by atoms with Crippen LogP contribution in [0.15, 0.2) is 12.1 Å². The van der Waals surface area contributed by atoms with Crippen molar-refractivity contribution in [2.24, 2.45) is 5.73 Å². The number of nitrogens with one attached hydrogen (secondary N) is 1. The number of rotatable bonds is 6. The molecule has 0 aliphatic carbocycles. The number of nitro benzene ring substituents is 1. The van der Waals surface area contributed by atoms with Crippen LogP contribution in [0.25, 0.3) is 0 Å². The van der Waals surface area contributed by atoms with Gasteiger partial charge in [-0.2, -0.15) is 0 Å². The van der Waals surface area contributed by atoms with Gasteiger partial charge in [-0.05, 0) is 31.9 Å². The maximum atomic E-state index is 11.9. The highest BCUT2D eigenvalue weighted by molar-refractivity contribution is 5.95. The molecule has 0 bridgehead atoms. The Labute approximate surface area is 118 Å². The zero-order chi connectivity index (χ0) is 15.3. The maximum Gasteiger partial charge on any atom is 0.274 e. The third-order valence-electron chi connectivity index (χ3n) is 3.20. The van der Waals surface area contributed by atoms with Gasteiger partial charge in [0.1, 0.15) is 0 Å². The summed E-state index contributed by atoms with van der Waals surface area (Å²) in [6.45, 7) is 5.49. The van der Waals surface area contributed by atoms with Crippen molar-refractivity contribution in [3.63, 3.8) is 0 Å². The van der Waals surface area contributed by atoms with Crippen molar-refractivity contribution in [2.45, 2.75) is 46.1 Å². The first-order valence-corrected chi connectivity index (χ1v) is 6.68. The van der Waals surface area contributed by atoms with Gasteiger partial charge >= 0.3 is 0 Å². The number of nitrogens with zero attached hydrogens (tertiary/aromatic N) is 1. The molecule has 0 aromatic heterocycles. The predicted molar refractivity (Wildman–Crippen MR) is 78.7 cm³/mol. The Morgan fingerprint density at radius 1 is 1.40 bits per heavy atom. The molecule has 0 aliphatic heterocycles. The summed E-state index contributed by atoms with van der Waals surface area (Å²) in [7, 11) is 0. The molecule has 3 N–H and O–H groups in total. The van der Waals surface area contributed by atoms with Gasteiger partial charge in [-0.3, -0.25) is 14.9 Å². The Morgan fingerprint density at radius 2 is 2.05 bits per heavy atom. The number of carbonyl (C=O) groups excluding carboxylic acids is 1. The summed E-state index contributed by atoms with van der Waals surface area (Å²) in [6, 6.07) is 2.48. The van der Waals surface area contributed by atoms with Crippen LogP contribution in [0.1, 0.15) is 37.3 Å². The number of hydrogen-bond donors (Lipinski definition) is 2. The summed E-state index contributed by atoms with van der Waals surface area (Å²) in [5.74, 6) is -0.306.